The molecule has 1 saturated carbocycles. The van der Waals surface area contributed by atoms with Crippen molar-refractivity contribution < 1.29 is 9.59 Å². The second-order valence-corrected chi connectivity index (χ2v) is 9.66. The van der Waals surface area contributed by atoms with Gasteiger partial charge in [0.25, 0.3) is 0 Å². The third-order valence-electron chi connectivity index (χ3n) is 7.13. The predicted molar refractivity (Wildman–Crippen MR) is 133 cm³/mol. The Morgan fingerprint density at radius 1 is 1.00 bits per heavy atom. The van der Waals surface area contributed by atoms with Crippen LogP contribution in [0.25, 0.3) is 0 Å². The van der Waals surface area contributed by atoms with Gasteiger partial charge in [-0.1, -0.05) is 67.8 Å². The standard InChI is InChI=1S/C27H34ClN3O2/c1-2-24(20-9-4-3-5-10-20)27(33)31-17-15-30(16-18-31)25(21-11-6-7-12-21)26(32)29-23-14-8-13-22(28)19-23/h3-5,8-10,13-14,19,21,24-25H,2,6-7,11-12,15-18H2,1H3,(H,29,32)/t24-,25+/m0/s1. The third-order valence-corrected chi connectivity index (χ3v) is 7.37. The summed E-state index contributed by atoms with van der Waals surface area (Å²) in [5.41, 5.74) is 1.81. The highest BCUT2D eigenvalue weighted by Crippen LogP contribution is 2.32. The van der Waals surface area contributed by atoms with Crippen molar-refractivity contribution in [2.24, 2.45) is 5.92 Å². The molecule has 1 aliphatic heterocycles. The van der Waals surface area contributed by atoms with Crippen LogP contribution < -0.4 is 5.32 Å². The van der Waals surface area contributed by atoms with Gasteiger partial charge >= 0.3 is 0 Å². The molecule has 6 heteroatoms. The number of hydrogen-bond donors (Lipinski definition) is 1. The first-order valence-corrected chi connectivity index (χ1v) is 12.6. The van der Waals surface area contributed by atoms with E-state index in [9.17, 15) is 9.59 Å². The molecule has 2 amide bonds. The SMILES string of the molecule is CC[C@H](C(=O)N1CCN([C@@H](C(=O)Nc2cccc(Cl)c2)C2CCCC2)CC1)c1ccccc1. The molecule has 0 spiro atoms. The fourth-order valence-corrected chi connectivity index (χ4v) is 5.60. The zero-order valence-corrected chi connectivity index (χ0v) is 20.1. The molecule has 176 valence electrons. The molecular weight excluding hydrogens is 434 g/mol. The van der Waals surface area contributed by atoms with Gasteiger partial charge in [0.2, 0.25) is 11.8 Å². The first-order chi connectivity index (χ1) is 16.1. The van der Waals surface area contributed by atoms with Gasteiger partial charge in [0.05, 0.1) is 12.0 Å². The van der Waals surface area contributed by atoms with Gasteiger partial charge in [-0.05, 0) is 48.9 Å². The van der Waals surface area contributed by atoms with Crippen molar-refractivity contribution in [2.45, 2.75) is 51.0 Å². The highest BCUT2D eigenvalue weighted by molar-refractivity contribution is 6.30. The van der Waals surface area contributed by atoms with E-state index >= 15 is 0 Å². The highest BCUT2D eigenvalue weighted by Gasteiger charge is 2.38. The van der Waals surface area contributed by atoms with Crippen molar-refractivity contribution in [3.05, 3.63) is 65.2 Å². The number of amides is 2. The second-order valence-electron chi connectivity index (χ2n) is 9.22. The summed E-state index contributed by atoms with van der Waals surface area (Å²) in [5.74, 6) is 0.498. The van der Waals surface area contributed by atoms with Crippen molar-refractivity contribution in [1.29, 1.82) is 0 Å². The smallest absolute Gasteiger partial charge is 0.242 e. The summed E-state index contributed by atoms with van der Waals surface area (Å²) >= 11 is 6.11. The fourth-order valence-electron chi connectivity index (χ4n) is 5.41. The van der Waals surface area contributed by atoms with Crippen molar-refractivity contribution in [2.75, 3.05) is 31.5 Å². The number of anilines is 1. The summed E-state index contributed by atoms with van der Waals surface area (Å²) in [7, 11) is 0. The van der Waals surface area contributed by atoms with E-state index in [2.05, 4.69) is 17.1 Å². The summed E-state index contributed by atoms with van der Waals surface area (Å²) in [5, 5.41) is 3.71. The summed E-state index contributed by atoms with van der Waals surface area (Å²) in [6, 6.07) is 17.2. The van der Waals surface area contributed by atoms with Crippen LogP contribution >= 0.6 is 11.6 Å². The second kappa shape index (κ2) is 11.2. The Hall–Kier alpha value is -2.37. The molecule has 2 aromatic rings. The predicted octanol–water partition coefficient (Wildman–Crippen LogP) is 5.18. The Morgan fingerprint density at radius 3 is 2.33 bits per heavy atom. The van der Waals surface area contributed by atoms with Gasteiger partial charge in [0.15, 0.2) is 0 Å². The molecule has 2 aliphatic rings. The van der Waals surface area contributed by atoms with Gasteiger partial charge < -0.3 is 10.2 Å². The van der Waals surface area contributed by atoms with Gasteiger partial charge in [-0.2, -0.15) is 0 Å². The first kappa shape index (κ1) is 23.8. The molecule has 2 fully saturated rings. The molecule has 1 saturated heterocycles. The zero-order valence-electron chi connectivity index (χ0n) is 19.4. The molecule has 0 aromatic heterocycles. The van der Waals surface area contributed by atoms with E-state index in [1.54, 1.807) is 12.1 Å². The van der Waals surface area contributed by atoms with Crippen LogP contribution in [0.2, 0.25) is 5.02 Å². The van der Waals surface area contributed by atoms with Crippen molar-refractivity contribution >= 4 is 29.1 Å². The molecule has 1 aliphatic carbocycles. The van der Waals surface area contributed by atoms with Crippen LogP contribution in [-0.2, 0) is 9.59 Å². The van der Waals surface area contributed by atoms with Gasteiger partial charge in [-0.3, -0.25) is 14.5 Å². The molecule has 2 aromatic carbocycles. The highest BCUT2D eigenvalue weighted by atomic mass is 35.5. The summed E-state index contributed by atoms with van der Waals surface area (Å²) < 4.78 is 0. The minimum absolute atomic E-state index is 0.0414. The number of nitrogens with zero attached hydrogens (tertiary/aromatic N) is 2. The molecule has 2 atom stereocenters. The molecule has 1 heterocycles. The molecular formula is C27H34ClN3O2. The normalized spacial score (nSPS) is 19.3. The fraction of sp³-hybridized carbons (Fsp3) is 0.481. The summed E-state index contributed by atoms with van der Waals surface area (Å²) in [6.07, 6.45) is 5.31. The van der Waals surface area contributed by atoms with Gasteiger partial charge in [0.1, 0.15) is 0 Å². The Labute approximate surface area is 202 Å². The first-order valence-electron chi connectivity index (χ1n) is 12.2. The average Bonchev–Trinajstić information content (AvgIpc) is 3.35. The van der Waals surface area contributed by atoms with E-state index in [0.717, 1.165) is 43.6 Å². The van der Waals surface area contributed by atoms with E-state index in [1.165, 1.54) is 12.8 Å². The third kappa shape index (κ3) is 5.77. The van der Waals surface area contributed by atoms with Crippen molar-refractivity contribution in [3.8, 4) is 0 Å². The number of nitrogens with one attached hydrogen (secondary N) is 1. The van der Waals surface area contributed by atoms with Crippen LogP contribution in [0.4, 0.5) is 5.69 Å². The lowest BCUT2D eigenvalue weighted by Crippen LogP contribution is -2.57. The van der Waals surface area contributed by atoms with Crippen LogP contribution in [0.15, 0.2) is 54.6 Å². The quantitative estimate of drug-likeness (QED) is 0.610. The number of halogens is 1. The molecule has 0 radical (unpaired) electrons. The number of piperazine rings is 1. The molecule has 5 nitrogen and oxygen atoms in total. The maximum Gasteiger partial charge on any atom is 0.242 e. The lowest BCUT2D eigenvalue weighted by atomic mass is 9.93. The molecule has 0 unspecified atom stereocenters. The number of carbonyl (C=O) groups excluding carboxylic acids is 2. The Kier molecular flexibility index (Phi) is 8.05. The minimum Gasteiger partial charge on any atom is -0.340 e. The molecule has 33 heavy (non-hydrogen) atoms. The summed E-state index contributed by atoms with van der Waals surface area (Å²) in [6.45, 7) is 4.84. The molecule has 1 N–H and O–H groups in total. The summed E-state index contributed by atoms with van der Waals surface area (Å²) in [4.78, 5) is 31.0. The zero-order chi connectivity index (χ0) is 23.2. The number of benzene rings is 2. The number of hydrogen-bond acceptors (Lipinski definition) is 3. The van der Waals surface area contributed by atoms with Crippen LogP contribution in [0.3, 0.4) is 0 Å². The Balaban J connectivity index is 1.42. The average molecular weight is 468 g/mol. The van der Waals surface area contributed by atoms with Crippen molar-refractivity contribution in [3.63, 3.8) is 0 Å². The largest absolute Gasteiger partial charge is 0.340 e. The van der Waals surface area contributed by atoms with E-state index in [-0.39, 0.29) is 23.8 Å². The van der Waals surface area contributed by atoms with Crippen LogP contribution in [0.1, 0.15) is 50.5 Å². The Bertz CT molecular complexity index is 937. The number of rotatable bonds is 7. The lowest BCUT2D eigenvalue weighted by Gasteiger charge is -2.41. The maximum absolute atomic E-state index is 13.4. The van der Waals surface area contributed by atoms with Gasteiger partial charge in [-0.25, -0.2) is 0 Å². The van der Waals surface area contributed by atoms with Crippen LogP contribution in [0, 0.1) is 5.92 Å². The van der Waals surface area contributed by atoms with Crippen LogP contribution in [0.5, 0.6) is 0 Å². The Morgan fingerprint density at radius 2 is 1.70 bits per heavy atom. The van der Waals surface area contributed by atoms with Crippen LogP contribution in [-0.4, -0.2) is 53.8 Å². The van der Waals surface area contributed by atoms with E-state index in [0.29, 0.717) is 24.0 Å². The van der Waals surface area contributed by atoms with Crippen molar-refractivity contribution in [1.82, 2.24) is 9.80 Å². The van der Waals surface area contributed by atoms with E-state index in [4.69, 9.17) is 11.6 Å². The maximum atomic E-state index is 13.4. The minimum atomic E-state index is -0.167. The van der Waals surface area contributed by atoms with Gasteiger partial charge in [0, 0.05) is 36.9 Å². The topological polar surface area (TPSA) is 52.7 Å². The van der Waals surface area contributed by atoms with E-state index < -0.39 is 0 Å². The lowest BCUT2D eigenvalue weighted by molar-refractivity contribution is -0.136. The molecule has 0 bridgehead atoms. The van der Waals surface area contributed by atoms with Gasteiger partial charge in [-0.15, -0.1) is 0 Å². The van der Waals surface area contributed by atoms with E-state index in [1.807, 2.05) is 47.4 Å². The monoisotopic (exact) mass is 467 g/mol. The molecule has 4 rings (SSSR count). The number of carbonyl (C=O) groups is 2.